The Morgan fingerprint density at radius 2 is 1.37 bits per heavy atom. The van der Waals surface area contributed by atoms with E-state index in [0.717, 1.165) is 0 Å². The van der Waals surface area contributed by atoms with Gasteiger partial charge in [0.2, 0.25) is 0 Å². The Hall–Kier alpha value is -3.85. The lowest BCUT2D eigenvalue weighted by Gasteiger charge is -2.12. The number of amides is 2. The second-order valence-corrected chi connectivity index (χ2v) is 7.79. The summed E-state index contributed by atoms with van der Waals surface area (Å²) < 4.78 is 33.0. The number of sulfonamides is 1. The molecule has 0 aromatic heterocycles. The SMILES string of the molecule is COc1ccccc1NS(=O)(=O)c1cccc(C(=O)NNC(=O)c2ccccc2)c1. The van der Waals surface area contributed by atoms with E-state index in [9.17, 15) is 18.0 Å². The standard InChI is InChI=1S/C21H19N3O5S/c1-29-19-13-6-5-12-18(19)24-30(27,28)17-11-7-10-16(14-17)21(26)23-22-20(25)15-8-3-2-4-9-15/h2-14,24H,1H3,(H,22,25)(H,23,26). The van der Waals surface area contributed by atoms with Gasteiger partial charge in [0, 0.05) is 11.1 Å². The van der Waals surface area contributed by atoms with E-state index in [4.69, 9.17) is 4.74 Å². The Balaban J connectivity index is 1.73. The zero-order valence-electron chi connectivity index (χ0n) is 16.0. The van der Waals surface area contributed by atoms with E-state index in [1.807, 2.05) is 0 Å². The quantitative estimate of drug-likeness (QED) is 0.525. The maximum atomic E-state index is 12.7. The van der Waals surface area contributed by atoms with E-state index >= 15 is 0 Å². The topological polar surface area (TPSA) is 114 Å². The van der Waals surface area contributed by atoms with E-state index in [1.165, 1.54) is 31.4 Å². The zero-order chi connectivity index (χ0) is 21.6. The summed E-state index contributed by atoms with van der Waals surface area (Å²) in [6, 6.07) is 20.3. The molecule has 0 spiro atoms. The van der Waals surface area contributed by atoms with Gasteiger partial charge < -0.3 is 4.74 Å². The fourth-order valence-electron chi connectivity index (χ4n) is 2.58. The molecule has 30 heavy (non-hydrogen) atoms. The van der Waals surface area contributed by atoms with Crippen LogP contribution in [0, 0.1) is 0 Å². The first kappa shape index (κ1) is 20.9. The third-order valence-corrected chi connectivity index (χ3v) is 5.45. The molecule has 0 atom stereocenters. The van der Waals surface area contributed by atoms with Crippen LogP contribution in [0.2, 0.25) is 0 Å². The molecule has 3 aromatic carbocycles. The molecular formula is C21H19N3O5S. The molecule has 9 heteroatoms. The van der Waals surface area contributed by atoms with Crippen molar-refractivity contribution < 1.29 is 22.7 Å². The summed E-state index contributed by atoms with van der Waals surface area (Å²) in [6.07, 6.45) is 0. The van der Waals surface area contributed by atoms with Gasteiger partial charge in [0.05, 0.1) is 17.7 Å². The molecule has 0 saturated carbocycles. The average molecular weight is 425 g/mol. The van der Waals surface area contributed by atoms with Gasteiger partial charge in [0.15, 0.2) is 0 Å². The number of hydrogen-bond acceptors (Lipinski definition) is 5. The van der Waals surface area contributed by atoms with Crippen molar-refractivity contribution >= 4 is 27.5 Å². The fraction of sp³-hybridized carbons (Fsp3) is 0.0476. The Morgan fingerprint density at radius 3 is 2.07 bits per heavy atom. The zero-order valence-corrected chi connectivity index (χ0v) is 16.8. The number of hydrazine groups is 1. The maximum Gasteiger partial charge on any atom is 0.269 e. The molecule has 0 unspecified atom stereocenters. The van der Waals surface area contributed by atoms with Crippen LogP contribution in [0.1, 0.15) is 20.7 Å². The van der Waals surface area contributed by atoms with Gasteiger partial charge in [0.25, 0.3) is 21.8 Å². The van der Waals surface area contributed by atoms with Gasteiger partial charge in [-0.3, -0.25) is 25.2 Å². The first-order valence-corrected chi connectivity index (χ1v) is 10.3. The van der Waals surface area contributed by atoms with Gasteiger partial charge in [-0.05, 0) is 42.5 Å². The van der Waals surface area contributed by atoms with E-state index in [-0.39, 0.29) is 16.1 Å². The molecular weight excluding hydrogens is 406 g/mol. The minimum absolute atomic E-state index is 0.0614. The van der Waals surface area contributed by atoms with Crippen molar-refractivity contribution in [1.82, 2.24) is 10.9 Å². The molecule has 0 bridgehead atoms. The van der Waals surface area contributed by atoms with Crippen LogP contribution in [0.4, 0.5) is 5.69 Å². The molecule has 0 aliphatic rings. The van der Waals surface area contributed by atoms with E-state index < -0.39 is 21.8 Å². The monoisotopic (exact) mass is 425 g/mol. The van der Waals surface area contributed by atoms with Crippen molar-refractivity contribution in [2.75, 3.05) is 11.8 Å². The van der Waals surface area contributed by atoms with Crippen molar-refractivity contribution in [2.45, 2.75) is 4.90 Å². The first-order chi connectivity index (χ1) is 14.4. The third kappa shape index (κ3) is 4.95. The number of carbonyl (C=O) groups excluding carboxylic acids is 2. The second kappa shape index (κ2) is 9.10. The highest BCUT2D eigenvalue weighted by molar-refractivity contribution is 7.92. The van der Waals surface area contributed by atoms with Crippen LogP contribution in [-0.2, 0) is 10.0 Å². The largest absolute Gasteiger partial charge is 0.495 e. The molecule has 0 radical (unpaired) electrons. The number of benzene rings is 3. The van der Waals surface area contributed by atoms with E-state index in [1.54, 1.807) is 54.6 Å². The average Bonchev–Trinajstić information content (AvgIpc) is 2.78. The van der Waals surface area contributed by atoms with E-state index in [2.05, 4.69) is 15.6 Å². The van der Waals surface area contributed by atoms with Gasteiger partial charge in [-0.1, -0.05) is 36.4 Å². The van der Waals surface area contributed by atoms with Crippen LogP contribution >= 0.6 is 0 Å². The highest BCUT2D eigenvalue weighted by Gasteiger charge is 2.18. The summed E-state index contributed by atoms with van der Waals surface area (Å²) in [4.78, 5) is 24.3. The Bertz CT molecular complexity index is 1160. The predicted molar refractivity (Wildman–Crippen MR) is 112 cm³/mol. The van der Waals surface area contributed by atoms with Crippen LogP contribution in [0.3, 0.4) is 0 Å². The van der Waals surface area contributed by atoms with Gasteiger partial charge in [-0.25, -0.2) is 8.42 Å². The summed E-state index contributed by atoms with van der Waals surface area (Å²) in [5, 5.41) is 0. The molecule has 0 saturated heterocycles. The number of methoxy groups -OCH3 is 1. The molecule has 3 aromatic rings. The van der Waals surface area contributed by atoms with E-state index in [0.29, 0.717) is 11.3 Å². The minimum atomic E-state index is -3.97. The number of nitrogens with one attached hydrogen (secondary N) is 3. The summed E-state index contributed by atoms with van der Waals surface area (Å²) in [5.41, 5.74) is 5.26. The van der Waals surface area contributed by atoms with Crippen LogP contribution < -0.4 is 20.3 Å². The minimum Gasteiger partial charge on any atom is -0.495 e. The van der Waals surface area contributed by atoms with Gasteiger partial charge >= 0.3 is 0 Å². The van der Waals surface area contributed by atoms with Crippen LogP contribution in [-0.4, -0.2) is 27.3 Å². The second-order valence-electron chi connectivity index (χ2n) is 6.11. The number of para-hydroxylation sites is 2. The summed E-state index contributed by atoms with van der Waals surface area (Å²) >= 11 is 0. The van der Waals surface area contributed by atoms with Crippen molar-refractivity contribution in [1.29, 1.82) is 0 Å². The van der Waals surface area contributed by atoms with Crippen molar-refractivity contribution in [3.8, 4) is 5.75 Å². The van der Waals surface area contributed by atoms with Crippen molar-refractivity contribution in [3.05, 3.63) is 90.0 Å². The lowest BCUT2D eigenvalue weighted by molar-refractivity contribution is 0.0846. The third-order valence-electron chi connectivity index (χ3n) is 4.08. The predicted octanol–water partition coefficient (Wildman–Crippen LogP) is 2.57. The smallest absolute Gasteiger partial charge is 0.269 e. The molecule has 0 aliphatic heterocycles. The van der Waals surface area contributed by atoms with Crippen LogP contribution in [0.15, 0.2) is 83.8 Å². The number of carbonyl (C=O) groups is 2. The number of rotatable bonds is 6. The van der Waals surface area contributed by atoms with Gasteiger partial charge in [0.1, 0.15) is 5.75 Å². The lowest BCUT2D eigenvalue weighted by Crippen LogP contribution is -2.41. The molecule has 0 fully saturated rings. The summed E-state index contributed by atoms with van der Waals surface area (Å²) in [6.45, 7) is 0. The highest BCUT2D eigenvalue weighted by atomic mass is 32.2. The molecule has 3 N–H and O–H groups in total. The molecule has 8 nitrogen and oxygen atoms in total. The number of ether oxygens (including phenoxy) is 1. The van der Waals surface area contributed by atoms with Gasteiger partial charge in [-0.15, -0.1) is 0 Å². The lowest BCUT2D eigenvalue weighted by atomic mass is 10.2. The normalized spacial score (nSPS) is 10.7. The first-order valence-electron chi connectivity index (χ1n) is 8.82. The molecule has 2 amide bonds. The van der Waals surface area contributed by atoms with Crippen LogP contribution in [0.5, 0.6) is 5.75 Å². The van der Waals surface area contributed by atoms with Gasteiger partial charge in [-0.2, -0.15) is 0 Å². The number of hydrogen-bond donors (Lipinski definition) is 3. The fourth-order valence-corrected chi connectivity index (χ4v) is 3.70. The summed E-state index contributed by atoms with van der Waals surface area (Å²) in [7, 11) is -2.54. The van der Waals surface area contributed by atoms with Crippen molar-refractivity contribution in [3.63, 3.8) is 0 Å². The Morgan fingerprint density at radius 1 is 0.767 bits per heavy atom. The number of anilines is 1. The molecule has 3 rings (SSSR count). The van der Waals surface area contributed by atoms with Crippen LogP contribution in [0.25, 0.3) is 0 Å². The highest BCUT2D eigenvalue weighted by Crippen LogP contribution is 2.26. The van der Waals surface area contributed by atoms with Crippen molar-refractivity contribution in [2.24, 2.45) is 0 Å². The summed E-state index contributed by atoms with van der Waals surface area (Å²) in [5.74, 6) is -0.794. The Labute approximate surface area is 173 Å². The molecule has 0 heterocycles. The molecule has 154 valence electrons. The molecule has 0 aliphatic carbocycles. The Kier molecular flexibility index (Phi) is 6.33. The maximum absolute atomic E-state index is 12.7.